The number of halogens is 2. The number of hydrogen-bond donors (Lipinski definition) is 0. The molecule has 0 radical (unpaired) electrons. The van der Waals surface area contributed by atoms with Crippen molar-refractivity contribution in [3.63, 3.8) is 0 Å². The van der Waals surface area contributed by atoms with Crippen molar-refractivity contribution >= 4 is 29.3 Å². The summed E-state index contributed by atoms with van der Waals surface area (Å²) in [5.74, 6) is 1.08. The summed E-state index contributed by atoms with van der Waals surface area (Å²) >= 11 is 11.0. The highest BCUT2D eigenvalue weighted by Crippen LogP contribution is 2.03. The Hall–Kier alpha value is -0.600. The van der Waals surface area contributed by atoms with Gasteiger partial charge in [0.15, 0.2) is 5.82 Å². The van der Waals surface area contributed by atoms with E-state index < -0.39 is 0 Å². The number of aromatic nitrogens is 2. The van der Waals surface area contributed by atoms with Gasteiger partial charge < -0.3 is 0 Å². The summed E-state index contributed by atoms with van der Waals surface area (Å²) < 4.78 is 0. The fraction of sp³-hybridized carbons (Fsp3) is 0.143. The molecule has 0 saturated heterocycles. The molecule has 0 saturated carbocycles. The molecule has 0 N–H and O–H groups in total. The molecule has 1 aromatic heterocycles. The second kappa shape index (κ2) is 4.31. The van der Waals surface area contributed by atoms with E-state index in [1.54, 1.807) is 24.5 Å². The molecule has 2 nitrogen and oxygen atoms in total. The Morgan fingerprint density at radius 1 is 1.36 bits per heavy atom. The summed E-state index contributed by atoms with van der Waals surface area (Å²) in [6, 6.07) is 0. The number of alkyl halides is 1. The molecule has 0 spiro atoms. The third-order valence-corrected chi connectivity index (χ3v) is 1.37. The highest BCUT2D eigenvalue weighted by Gasteiger charge is 1.88. The average Bonchev–Trinajstić information content (AvgIpc) is 2.04. The van der Waals surface area contributed by atoms with Crippen LogP contribution in [0.1, 0.15) is 5.82 Å². The van der Waals surface area contributed by atoms with Crippen molar-refractivity contribution in [2.75, 3.05) is 5.88 Å². The zero-order valence-corrected chi connectivity index (χ0v) is 7.18. The molecular formula is C7H6Cl2N2. The van der Waals surface area contributed by atoms with E-state index in [0.717, 1.165) is 0 Å². The third kappa shape index (κ3) is 2.87. The van der Waals surface area contributed by atoms with E-state index in [1.807, 2.05) is 0 Å². The average molecular weight is 189 g/mol. The number of hydrogen-bond acceptors (Lipinski definition) is 2. The molecule has 4 heteroatoms. The van der Waals surface area contributed by atoms with Gasteiger partial charge in [-0.3, -0.25) is 0 Å². The fourth-order valence-corrected chi connectivity index (χ4v) is 0.745. The van der Waals surface area contributed by atoms with Crippen LogP contribution in [0.3, 0.4) is 0 Å². The van der Waals surface area contributed by atoms with Crippen LogP contribution < -0.4 is 0 Å². The second-order valence-electron chi connectivity index (χ2n) is 1.82. The molecule has 0 unspecified atom stereocenters. The zero-order chi connectivity index (χ0) is 8.10. The van der Waals surface area contributed by atoms with Crippen molar-refractivity contribution < 1.29 is 0 Å². The van der Waals surface area contributed by atoms with Gasteiger partial charge in [-0.1, -0.05) is 17.7 Å². The summed E-state index contributed by atoms with van der Waals surface area (Å²) in [7, 11) is 0. The van der Waals surface area contributed by atoms with Gasteiger partial charge in [0.2, 0.25) is 0 Å². The maximum absolute atomic E-state index is 5.57. The lowest BCUT2D eigenvalue weighted by atomic mass is 10.5. The van der Waals surface area contributed by atoms with Crippen LogP contribution in [0, 0.1) is 0 Å². The molecule has 58 valence electrons. The molecule has 0 aromatic carbocycles. The quantitative estimate of drug-likeness (QED) is 0.667. The normalized spacial score (nSPS) is 10.7. The summed E-state index contributed by atoms with van der Waals surface area (Å²) in [4.78, 5) is 7.85. The van der Waals surface area contributed by atoms with Crippen molar-refractivity contribution in [2.45, 2.75) is 0 Å². The van der Waals surface area contributed by atoms with Gasteiger partial charge in [0.1, 0.15) is 0 Å². The van der Waals surface area contributed by atoms with Crippen molar-refractivity contribution in [3.8, 4) is 0 Å². The maximum atomic E-state index is 5.57. The van der Waals surface area contributed by atoms with Gasteiger partial charge in [0, 0.05) is 18.3 Å². The second-order valence-corrected chi connectivity index (χ2v) is 2.56. The first-order valence-corrected chi connectivity index (χ1v) is 3.94. The zero-order valence-electron chi connectivity index (χ0n) is 5.67. The van der Waals surface area contributed by atoms with E-state index in [2.05, 4.69) is 9.97 Å². The van der Waals surface area contributed by atoms with E-state index in [9.17, 15) is 0 Å². The van der Waals surface area contributed by atoms with Gasteiger partial charge in [0.05, 0.1) is 5.02 Å². The number of rotatable bonds is 2. The van der Waals surface area contributed by atoms with Crippen molar-refractivity contribution in [1.82, 2.24) is 9.97 Å². The first-order valence-electron chi connectivity index (χ1n) is 3.03. The molecule has 0 aliphatic carbocycles. The molecule has 0 bridgehead atoms. The molecule has 1 aromatic rings. The maximum Gasteiger partial charge on any atom is 0.151 e. The van der Waals surface area contributed by atoms with Crippen LogP contribution in [0.5, 0.6) is 0 Å². The molecule has 0 atom stereocenters. The summed E-state index contributed by atoms with van der Waals surface area (Å²) in [6.45, 7) is 0. The van der Waals surface area contributed by atoms with Gasteiger partial charge in [-0.15, -0.1) is 11.6 Å². The molecule has 0 aliphatic heterocycles. The van der Waals surface area contributed by atoms with E-state index in [1.165, 1.54) is 0 Å². The summed E-state index contributed by atoms with van der Waals surface area (Å²) in [5, 5.41) is 0.535. The predicted molar refractivity (Wildman–Crippen MR) is 46.8 cm³/mol. The third-order valence-electron chi connectivity index (χ3n) is 0.996. The molecule has 1 rings (SSSR count). The monoisotopic (exact) mass is 188 g/mol. The van der Waals surface area contributed by atoms with Gasteiger partial charge in [0.25, 0.3) is 0 Å². The largest absolute Gasteiger partial charge is 0.236 e. The number of nitrogens with zero attached hydrogens (tertiary/aromatic N) is 2. The fourth-order valence-electron chi connectivity index (χ4n) is 0.558. The Balaban J connectivity index is 2.73. The van der Waals surface area contributed by atoms with Crippen molar-refractivity contribution in [2.24, 2.45) is 0 Å². The Kier molecular flexibility index (Phi) is 3.33. The van der Waals surface area contributed by atoms with Crippen LogP contribution >= 0.6 is 23.2 Å². The van der Waals surface area contributed by atoms with Crippen LogP contribution in [0.25, 0.3) is 6.08 Å². The Bertz CT molecular complexity index is 243. The van der Waals surface area contributed by atoms with Crippen LogP contribution in [-0.2, 0) is 0 Å². The summed E-state index contributed by atoms with van der Waals surface area (Å²) in [5.41, 5.74) is 0. The van der Waals surface area contributed by atoms with Gasteiger partial charge in [-0.2, -0.15) is 0 Å². The van der Waals surface area contributed by atoms with E-state index in [0.29, 0.717) is 16.7 Å². The lowest BCUT2D eigenvalue weighted by Gasteiger charge is -1.89. The van der Waals surface area contributed by atoms with Crippen LogP contribution in [-0.4, -0.2) is 15.8 Å². The van der Waals surface area contributed by atoms with Gasteiger partial charge >= 0.3 is 0 Å². The van der Waals surface area contributed by atoms with Gasteiger partial charge in [-0.25, -0.2) is 9.97 Å². The molecule has 1 heterocycles. The minimum atomic E-state index is 0.464. The summed E-state index contributed by atoms with van der Waals surface area (Å²) in [6.07, 6.45) is 6.60. The topological polar surface area (TPSA) is 25.8 Å². The SMILES string of the molecule is ClCC=Cc1ncc(Cl)cn1. The Morgan fingerprint density at radius 3 is 2.55 bits per heavy atom. The Labute approximate surface area is 74.9 Å². The van der Waals surface area contributed by atoms with E-state index in [-0.39, 0.29) is 0 Å². The highest BCUT2D eigenvalue weighted by atomic mass is 35.5. The highest BCUT2D eigenvalue weighted by molar-refractivity contribution is 6.30. The molecular weight excluding hydrogens is 183 g/mol. The van der Waals surface area contributed by atoms with Crippen LogP contribution in [0.2, 0.25) is 5.02 Å². The molecule has 0 aliphatic rings. The lowest BCUT2D eigenvalue weighted by molar-refractivity contribution is 1.13. The van der Waals surface area contributed by atoms with Crippen LogP contribution in [0.4, 0.5) is 0 Å². The first-order chi connectivity index (χ1) is 5.33. The smallest absolute Gasteiger partial charge is 0.151 e. The number of allylic oxidation sites excluding steroid dienone is 1. The molecule has 11 heavy (non-hydrogen) atoms. The van der Waals surface area contributed by atoms with Crippen molar-refractivity contribution in [1.29, 1.82) is 0 Å². The van der Waals surface area contributed by atoms with Crippen molar-refractivity contribution in [3.05, 3.63) is 29.3 Å². The van der Waals surface area contributed by atoms with Gasteiger partial charge in [-0.05, 0) is 6.08 Å². The minimum Gasteiger partial charge on any atom is -0.236 e. The minimum absolute atomic E-state index is 0.464. The molecule has 0 fully saturated rings. The Morgan fingerprint density at radius 2 is 2.00 bits per heavy atom. The van der Waals surface area contributed by atoms with E-state index in [4.69, 9.17) is 23.2 Å². The predicted octanol–water partition coefficient (Wildman–Crippen LogP) is 2.38. The standard InChI is InChI=1S/C7H6Cl2N2/c8-3-1-2-7-10-4-6(9)5-11-7/h1-2,4-5H,3H2. The van der Waals surface area contributed by atoms with E-state index >= 15 is 0 Å². The van der Waals surface area contributed by atoms with Crippen LogP contribution in [0.15, 0.2) is 18.5 Å². The molecule has 0 amide bonds. The first kappa shape index (κ1) is 8.50. The lowest BCUT2D eigenvalue weighted by Crippen LogP contribution is -1.84.